The number of allylic oxidation sites excluding steroid dienone is 3. The Kier molecular flexibility index (Phi) is 7.13. The molecule has 0 N–H and O–H groups in total. The first-order valence-electron chi connectivity index (χ1n) is 6.80. The molecule has 0 fully saturated rings. The summed E-state index contributed by atoms with van der Waals surface area (Å²) in [4.78, 5) is 15.5. The van der Waals surface area contributed by atoms with Crippen molar-refractivity contribution in [3.8, 4) is 11.8 Å². The molecule has 0 aromatic heterocycles. The topological polar surface area (TPSA) is 38.7 Å². The zero-order valence-corrected chi connectivity index (χ0v) is 12.3. The van der Waals surface area contributed by atoms with Gasteiger partial charge in [-0.05, 0) is 31.8 Å². The Bertz CT molecular complexity index is 513. The zero-order chi connectivity index (χ0) is 14.8. The maximum Gasteiger partial charge on any atom is 0.337 e. The average molecular weight is 271 g/mol. The summed E-state index contributed by atoms with van der Waals surface area (Å²) in [6, 6.07) is 0. The van der Waals surface area contributed by atoms with E-state index in [4.69, 9.17) is 4.74 Å². The number of esters is 1. The molecule has 0 radical (unpaired) electrons. The predicted octanol–water partition coefficient (Wildman–Crippen LogP) is 3.44. The van der Waals surface area contributed by atoms with Gasteiger partial charge >= 0.3 is 5.97 Å². The fourth-order valence-electron chi connectivity index (χ4n) is 1.76. The number of unbranched alkanes of at least 4 members (excludes halogenated alkanes) is 1. The smallest absolute Gasteiger partial charge is 0.337 e. The van der Waals surface area contributed by atoms with E-state index < -0.39 is 0 Å². The van der Waals surface area contributed by atoms with Gasteiger partial charge in [-0.2, -0.15) is 0 Å². The standard InChI is InChI=1S/C17H21NO2/c1-4-18-12-8-6-5-7-9-15-13-16(17(19)20-3)11-10-14(15)2/h4,8,11-14H,5-6,10H2,1-3H3/b12-8-,18-4?. The van der Waals surface area contributed by atoms with Crippen LogP contribution >= 0.6 is 0 Å². The summed E-state index contributed by atoms with van der Waals surface area (Å²) in [5.41, 5.74) is 1.61. The molecule has 106 valence electrons. The average Bonchev–Trinajstić information content (AvgIpc) is 2.47. The SMILES string of the molecule is CC=N/C=C\CCC#CC1=CC(C(=O)OC)=CCC1C. The minimum Gasteiger partial charge on any atom is -0.465 e. The highest BCUT2D eigenvalue weighted by Crippen LogP contribution is 2.23. The Hall–Kier alpha value is -2.08. The number of rotatable bonds is 4. The van der Waals surface area contributed by atoms with Crippen LogP contribution in [0.15, 0.2) is 40.6 Å². The van der Waals surface area contributed by atoms with Crippen molar-refractivity contribution in [3.05, 3.63) is 35.6 Å². The van der Waals surface area contributed by atoms with Gasteiger partial charge in [-0.15, -0.1) is 0 Å². The summed E-state index contributed by atoms with van der Waals surface area (Å²) >= 11 is 0. The largest absolute Gasteiger partial charge is 0.465 e. The highest BCUT2D eigenvalue weighted by Gasteiger charge is 2.16. The van der Waals surface area contributed by atoms with Crippen LogP contribution in [0.25, 0.3) is 0 Å². The van der Waals surface area contributed by atoms with Crippen LogP contribution in [0.2, 0.25) is 0 Å². The van der Waals surface area contributed by atoms with Crippen LogP contribution in [0.3, 0.4) is 0 Å². The number of ether oxygens (including phenoxy) is 1. The highest BCUT2D eigenvalue weighted by molar-refractivity contribution is 5.92. The molecule has 1 rings (SSSR count). The van der Waals surface area contributed by atoms with Gasteiger partial charge < -0.3 is 4.74 Å². The van der Waals surface area contributed by atoms with Crippen LogP contribution in [0.1, 0.15) is 33.1 Å². The van der Waals surface area contributed by atoms with E-state index in [1.165, 1.54) is 7.11 Å². The Labute approximate surface area is 121 Å². The summed E-state index contributed by atoms with van der Waals surface area (Å²) < 4.78 is 4.73. The molecule has 1 aliphatic carbocycles. The third kappa shape index (κ3) is 5.27. The monoisotopic (exact) mass is 271 g/mol. The molecule has 20 heavy (non-hydrogen) atoms. The van der Waals surface area contributed by atoms with Gasteiger partial charge in [-0.3, -0.25) is 4.99 Å². The van der Waals surface area contributed by atoms with Crippen LogP contribution in [-0.4, -0.2) is 19.3 Å². The van der Waals surface area contributed by atoms with Gasteiger partial charge in [0.05, 0.1) is 12.7 Å². The lowest BCUT2D eigenvalue weighted by Gasteiger charge is -2.15. The molecule has 0 heterocycles. The molecule has 0 aliphatic heterocycles. The van der Waals surface area contributed by atoms with Crippen LogP contribution in [-0.2, 0) is 9.53 Å². The van der Waals surface area contributed by atoms with Crippen LogP contribution in [0, 0.1) is 17.8 Å². The molecule has 0 saturated heterocycles. The first kappa shape index (κ1) is 16.0. The number of hydrogen-bond acceptors (Lipinski definition) is 3. The normalized spacial score (nSPS) is 18.4. The van der Waals surface area contributed by atoms with Gasteiger partial charge in [0, 0.05) is 24.4 Å². The second-order valence-corrected chi connectivity index (χ2v) is 4.52. The number of methoxy groups -OCH3 is 1. The van der Waals surface area contributed by atoms with Gasteiger partial charge in [0.1, 0.15) is 0 Å². The fraction of sp³-hybridized carbons (Fsp3) is 0.412. The molecule has 0 spiro atoms. The van der Waals surface area contributed by atoms with Crippen molar-refractivity contribution in [1.29, 1.82) is 0 Å². The van der Waals surface area contributed by atoms with Crippen molar-refractivity contribution in [1.82, 2.24) is 0 Å². The van der Waals surface area contributed by atoms with Crippen molar-refractivity contribution in [2.75, 3.05) is 7.11 Å². The Morgan fingerprint density at radius 2 is 2.40 bits per heavy atom. The Morgan fingerprint density at radius 3 is 3.10 bits per heavy atom. The van der Waals surface area contributed by atoms with Crippen LogP contribution in [0.5, 0.6) is 0 Å². The number of carbonyl (C=O) groups is 1. The maximum absolute atomic E-state index is 11.5. The first-order valence-corrected chi connectivity index (χ1v) is 6.80. The molecule has 3 nitrogen and oxygen atoms in total. The van der Waals surface area contributed by atoms with Gasteiger partial charge in [-0.25, -0.2) is 4.79 Å². The predicted molar refractivity (Wildman–Crippen MR) is 82.3 cm³/mol. The third-order valence-electron chi connectivity index (χ3n) is 2.96. The molecule has 1 aliphatic rings. The molecule has 0 amide bonds. The van der Waals surface area contributed by atoms with Gasteiger partial charge in [-0.1, -0.05) is 30.9 Å². The highest BCUT2D eigenvalue weighted by atomic mass is 16.5. The molecule has 0 aromatic carbocycles. The van der Waals surface area contributed by atoms with Crippen LogP contribution < -0.4 is 0 Å². The van der Waals surface area contributed by atoms with E-state index >= 15 is 0 Å². The zero-order valence-electron chi connectivity index (χ0n) is 12.3. The molecule has 3 heteroatoms. The third-order valence-corrected chi connectivity index (χ3v) is 2.96. The molecule has 1 atom stereocenters. The molecule has 0 bridgehead atoms. The summed E-state index contributed by atoms with van der Waals surface area (Å²) in [5, 5.41) is 0. The molecular weight excluding hydrogens is 250 g/mol. The molecule has 1 unspecified atom stereocenters. The van der Waals surface area contributed by atoms with Crippen molar-refractivity contribution < 1.29 is 9.53 Å². The number of hydrogen-bond donors (Lipinski definition) is 0. The maximum atomic E-state index is 11.5. The van der Waals surface area contributed by atoms with E-state index in [0.717, 1.165) is 24.8 Å². The molecular formula is C17H21NO2. The second-order valence-electron chi connectivity index (χ2n) is 4.52. The van der Waals surface area contributed by atoms with E-state index in [0.29, 0.717) is 11.5 Å². The number of nitrogens with zero attached hydrogens (tertiary/aromatic N) is 1. The lowest BCUT2D eigenvalue weighted by molar-refractivity contribution is -0.135. The van der Waals surface area contributed by atoms with Gasteiger partial charge in [0.2, 0.25) is 0 Å². The fourth-order valence-corrected chi connectivity index (χ4v) is 1.76. The Morgan fingerprint density at radius 1 is 1.60 bits per heavy atom. The number of carbonyl (C=O) groups excluding carboxylic acids is 1. The van der Waals surface area contributed by atoms with Crippen molar-refractivity contribution in [3.63, 3.8) is 0 Å². The lowest BCUT2D eigenvalue weighted by Crippen LogP contribution is -2.10. The summed E-state index contributed by atoms with van der Waals surface area (Å²) in [6.45, 7) is 3.99. The van der Waals surface area contributed by atoms with Crippen molar-refractivity contribution >= 4 is 12.2 Å². The second kappa shape index (κ2) is 8.92. The van der Waals surface area contributed by atoms with Crippen molar-refractivity contribution in [2.45, 2.75) is 33.1 Å². The van der Waals surface area contributed by atoms with Crippen LogP contribution in [0.4, 0.5) is 0 Å². The summed E-state index contributed by atoms with van der Waals surface area (Å²) in [7, 11) is 1.39. The van der Waals surface area contributed by atoms with E-state index in [1.807, 2.05) is 25.2 Å². The summed E-state index contributed by atoms with van der Waals surface area (Å²) in [6.07, 6.45) is 11.8. The molecule has 0 saturated carbocycles. The van der Waals surface area contributed by atoms with E-state index in [-0.39, 0.29) is 5.97 Å². The quantitative estimate of drug-likeness (QED) is 0.340. The molecule has 0 aromatic rings. The van der Waals surface area contributed by atoms with E-state index in [1.54, 1.807) is 12.4 Å². The summed E-state index contributed by atoms with van der Waals surface area (Å²) in [5.74, 6) is 6.36. The first-order chi connectivity index (χ1) is 9.69. The van der Waals surface area contributed by atoms with E-state index in [9.17, 15) is 4.79 Å². The number of aliphatic imine (C=N–C) groups is 1. The van der Waals surface area contributed by atoms with E-state index in [2.05, 4.69) is 23.8 Å². The van der Waals surface area contributed by atoms with Gasteiger partial charge in [0.15, 0.2) is 0 Å². The minimum absolute atomic E-state index is 0.295. The van der Waals surface area contributed by atoms with Gasteiger partial charge in [0.25, 0.3) is 0 Å². The minimum atomic E-state index is -0.295. The Balaban J connectivity index is 2.59. The lowest BCUT2D eigenvalue weighted by atomic mass is 9.90. The van der Waals surface area contributed by atoms with Crippen molar-refractivity contribution in [2.24, 2.45) is 10.9 Å².